The zero-order valence-corrected chi connectivity index (χ0v) is 64.7. The summed E-state index contributed by atoms with van der Waals surface area (Å²) in [7, 11) is 0. The summed E-state index contributed by atoms with van der Waals surface area (Å²) in [5.41, 5.74) is 43.2. The predicted octanol–water partition coefficient (Wildman–Crippen LogP) is -8.17. The molecule has 112 heavy (non-hydrogen) atoms. The molecule has 0 aliphatic carbocycles. The lowest BCUT2D eigenvalue weighted by atomic mass is 10.0. The lowest BCUT2D eigenvalue weighted by Crippen LogP contribution is -2.57. The van der Waals surface area contributed by atoms with Crippen molar-refractivity contribution >= 4 is 118 Å². The topological polar surface area (TPSA) is 700 Å². The van der Waals surface area contributed by atoms with Crippen LogP contribution in [0.2, 0.25) is 0 Å². The van der Waals surface area contributed by atoms with Crippen molar-refractivity contribution in [1.82, 2.24) is 73.6 Å². The average Bonchev–Trinajstić information content (AvgIpc) is 1.62. The van der Waals surface area contributed by atoms with Gasteiger partial charge in [-0.3, -0.25) is 95.9 Å². The van der Waals surface area contributed by atoms with Crippen molar-refractivity contribution in [1.29, 1.82) is 0 Å². The maximum atomic E-state index is 13.5. The fraction of sp³-hybridized carbons (Fsp3) is 0.657. The van der Waals surface area contributed by atoms with Crippen LogP contribution in [-0.4, -0.2) is 240 Å². The molecule has 2 aliphatic heterocycles. The zero-order valence-electron chi connectivity index (χ0n) is 64.7. The molecule has 628 valence electrons. The molecule has 0 radical (unpaired) electrons. The van der Waals surface area contributed by atoms with E-state index < -0.39 is 198 Å². The highest BCUT2D eigenvalue weighted by Gasteiger charge is 2.41. The smallest absolute Gasteiger partial charge is 0.245 e. The number of carbonyl (C=O) groups is 20. The summed E-state index contributed by atoms with van der Waals surface area (Å²) in [5, 5.41) is 29.9. The van der Waals surface area contributed by atoms with Crippen LogP contribution in [0.5, 0.6) is 0 Å². The van der Waals surface area contributed by atoms with E-state index in [1.807, 2.05) is 13.8 Å². The molecule has 12 atom stereocenters. The van der Waals surface area contributed by atoms with Gasteiger partial charge in [0.25, 0.3) is 0 Å². The Morgan fingerprint density at radius 2 is 0.768 bits per heavy atom. The van der Waals surface area contributed by atoms with Crippen LogP contribution in [0.25, 0.3) is 0 Å². The van der Waals surface area contributed by atoms with Crippen molar-refractivity contribution in [2.24, 2.45) is 57.7 Å². The van der Waals surface area contributed by atoms with Crippen LogP contribution in [0, 0.1) is 11.8 Å². The minimum Gasteiger partial charge on any atom is -0.370 e. The Kier molecular flexibility index (Phi) is 45.9. The summed E-state index contributed by atoms with van der Waals surface area (Å²) in [6.07, 6.45) is 4.64. The van der Waals surface area contributed by atoms with Crippen LogP contribution in [0.3, 0.4) is 0 Å². The lowest BCUT2D eigenvalue weighted by Gasteiger charge is -2.29. The fourth-order valence-corrected chi connectivity index (χ4v) is 11.5. The number of likely N-dealkylation sites (tertiary alicyclic amines) is 2. The molecule has 0 saturated carbocycles. The summed E-state index contributed by atoms with van der Waals surface area (Å²) in [6.45, 7) is 16.4. The molecule has 2 rings (SSSR count). The van der Waals surface area contributed by atoms with Crippen molar-refractivity contribution in [2.75, 3.05) is 39.3 Å². The molecule has 0 aromatic rings. The maximum Gasteiger partial charge on any atom is 0.245 e. The van der Waals surface area contributed by atoms with Crippen LogP contribution in [0.1, 0.15) is 170 Å². The van der Waals surface area contributed by atoms with Gasteiger partial charge in [0.2, 0.25) is 118 Å². The minimum atomic E-state index is -1.39. The number of primary amides is 6. The second kappa shape index (κ2) is 52.1. The van der Waals surface area contributed by atoms with E-state index in [0.29, 0.717) is 51.6 Å². The quantitative estimate of drug-likeness (QED) is 0.0199. The van der Waals surface area contributed by atoms with Gasteiger partial charge in [0, 0.05) is 45.3 Å². The van der Waals surface area contributed by atoms with Gasteiger partial charge in [0.1, 0.15) is 66.5 Å². The van der Waals surface area contributed by atoms with Crippen molar-refractivity contribution in [3.63, 3.8) is 0 Å². The van der Waals surface area contributed by atoms with Gasteiger partial charge in [0.05, 0.1) is 19.1 Å². The van der Waals surface area contributed by atoms with E-state index >= 15 is 0 Å². The summed E-state index contributed by atoms with van der Waals surface area (Å²) in [4.78, 5) is 253. The average molecular weight is 1590 g/mol. The molecule has 42 nitrogen and oxygen atoms in total. The fourth-order valence-electron chi connectivity index (χ4n) is 11.5. The Labute approximate surface area is 650 Å². The Bertz CT molecular complexity index is 3340. The van der Waals surface area contributed by atoms with E-state index in [1.54, 1.807) is 13.8 Å². The van der Waals surface area contributed by atoms with Gasteiger partial charge in [-0.15, -0.1) is 0 Å². The molecule has 0 aromatic carbocycles. The Hall–Kier alpha value is -11.2. The first-order valence-corrected chi connectivity index (χ1v) is 37.2. The van der Waals surface area contributed by atoms with Crippen LogP contribution < -0.4 is 110 Å². The molecule has 42 heteroatoms. The molecule has 2 aliphatic rings. The predicted molar refractivity (Wildman–Crippen MR) is 403 cm³/mol. The highest BCUT2D eigenvalue weighted by atomic mass is 16.2. The number of amides is 20. The Morgan fingerprint density at radius 1 is 0.393 bits per heavy atom. The third kappa shape index (κ3) is 38.9. The number of nitrogens with zero attached hydrogens (tertiary/aromatic N) is 2. The SMILES string of the molecule is C=CC(=O)NCCCC[C@H](NC(=O)[C@H](C)NC(=O)[C@H](CC(C)C)NC(=O)CNC(=O)[C@H](CCC(N)=O)NC(=O)[C@H]1CCCN1C(=O)[C@H](CCC(N)=O)NC(=O)C=C)C(N)=O.CC(C)C[C@H](NC(=O)CNC(=O)[C@H](CCC(N)=O)NC(=O)[C@H]1CCCN1C(=O)[C@@H](N)CCC(N)=O)C(=O)N[C@@H](C)C(=O)N[C@@H](CCCCN)C(N)=O. The first kappa shape index (κ1) is 98.8. The summed E-state index contributed by atoms with van der Waals surface area (Å²) in [5.74, 6) is -14.4. The third-order valence-electron chi connectivity index (χ3n) is 17.5. The number of rotatable bonds is 52. The number of unbranched alkanes of at least 4 members (excludes halogenated alkanes) is 2. The second-order valence-electron chi connectivity index (χ2n) is 28.0. The second-order valence-corrected chi connectivity index (χ2v) is 28.0. The molecule has 2 fully saturated rings. The van der Waals surface area contributed by atoms with Gasteiger partial charge in [-0.1, -0.05) is 40.9 Å². The molecule has 20 amide bonds. The normalized spacial score (nSPS) is 16.2. The molecule has 0 unspecified atom stereocenters. The van der Waals surface area contributed by atoms with Gasteiger partial charge in [-0.05, 0) is 147 Å². The number of hydrogen-bond donors (Lipinski definition) is 20. The van der Waals surface area contributed by atoms with Gasteiger partial charge >= 0.3 is 0 Å². The molecule has 0 spiro atoms. The Balaban J connectivity index is 0.00000113. The Morgan fingerprint density at radius 3 is 1.13 bits per heavy atom. The molecule has 0 aromatic heterocycles. The number of nitrogens with one attached hydrogen (secondary N) is 12. The number of carbonyl (C=O) groups excluding carboxylic acids is 20. The molecule has 2 heterocycles. The van der Waals surface area contributed by atoms with E-state index in [1.165, 1.54) is 23.6 Å². The zero-order chi connectivity index (χ0) is 85.1. The van der Waals surface area contributed by atoms with E-state index in [-0.39, 0.29) is 121 Å². The van der Waals surface area contributed by atoms with E-state index in [9.17, 15) is 95.9 Å². The van der Waals surface area contributed by atoms with Crippen molar-refractivity contribution in [3.8, 4) is 0 Å². The van der Waals surface area contributed by atoms with Crippen molar-refractivity contribution in [2.45, 2.75) is 242 Å². The first-order valence-electron chi connectivity index (χ1n) is 37.2. The largest absolute Gasteiger partial charge is 0.370 e. The standard InChI is InChI=1S/C38H61N11O11.C32H57N11O9/c1-6-30(52)42-17-9-8-11-23(33(41)55)47-34(56)22(5)44-36(58)26(19-21(3)4)46-32(54)20-43-35(57)24(13-15-28(39)50)48-37(59)27-12-10-18-49(27)38(60)25(14-16-29(40)51)45-31(53)7-2;1-17(2)15-22(30(50)39-18(3)28(48)41-20(27(37)47)7-4-5-13-33)40-26(46)16-38-29(49)21(10-12-25(36)45)42-31(51)23-8-6-14-43(23)32(52)19(34)9-11-24(35)44/h6-7,21-27H,1-2,8-20H2,3-5H3,(H2,39,50)(H2,40,51)(H2,41,55)(H,42,52)(H,43,57)(H,44,58)(H,45,53)(H,46,54)(H,47,56)(H,48,59);17-23H,4-16,33-34H2,1-3H3,(H2,35,44)(H2,36,45)(H2,37,47)(H,38,49)(H,39,50)(H,40,46)(H,41,48)(H,42,51)/t22-,23-,24-,25-,26-,27+;18-,19-,20-,21-,22-,23+/m00/s1. The summed E-state index contributed by atoms with van der Waals surface area (Å²) in [6, 6.07) is -13.6. The molecule has 28 N–H and O–H groups in total. The van der Waals surface area contributed by atoms with Crippen LogP contribution >= 0.6 is 0 Å². The van der Waals surface area contributed by atoms with Gasteiger partial charge in [-0.2, -0.15) is 0 Å². The third-order valence-corrected chi connectivity index (χ3v) is 17.5. The number of hydrogen-bond acceptors (Lipinski definition) is 22. The highest BCUT2D eigenvalue weighted by molar-refractivity contribution is 6.00. The minimum absolute atomic E-state index is 0.00784. The number of nitrogens with two attached hydrogens (primary N) is 8. The molecular formula is C70H118N22O20. The van der Waals surface area contributed by atoms with Gasteiger partial charge < -0.3 is 119 Å². The first-order chi connectivity index (χ1) is 52.6. The molecule has 0 bridgehead atoms. The van der Waals surface area contributed by atoms with Gasteiger partial charge in [-0.25, -0.2) is 0 Å². The van der Waals surface area contributed by atoms with Crippen LogP contribution in [0.4, 0.5) is 0 Å². The summed E-state index contributed by atoms with van der Waals surface area (Å²) >= 11 is 0. The van der Waals surface area contributed by atoms with Crippen LogP contribution in [-0.2, 0) is 95.9 Å². The monoisotopic (exact) mass is 1590 g/mol. The van der Waals surface area contributed by atoms with Crippen LogP contribution in [0.15, 0.2) is 25.3 Å². The molecular weight excluding hydrogens is 1470 g/mol. The van der Waals surface area contributed by atoms with E-state index in [4.69, 9.17) is 45.9 Å². The molecule has 2 saturated heterocycles. The van der Waals surface area contributed by atoms with E-state index in [2.05, 4.69) is 77.0 Å². The highest BCUT2D eigenvalue weighted by Crippen LogP contribution is 2.22. The van der Waals surface area contributed by atoms with E-state index in [0.717, 1.165) is 12.2 Å². The lowest BCUT2D eigenvalue weighted by molar-refractivity contribution is -0.142. The van der Waals surface area contributed by atoms with Gasteiger partial charge in [0.15, 0.2) is 0 Å². The van der Waals surface area contributed by atoms with Crippen molar-refractivity contribution < 1.29 is 95.9 Å². The maximum absolute atomic E-state index is 13.5. The van der Waals surface area contributed by atoms with Crippen molar-refractivity contribution in [3.05, 3.63) is 25.3 Å². The summed E-state index contributed by atoms with van der Waals surface area (Å²) < 4.78 is 0.